The number of nitrogens with one attached hydrogen (secondary N) is 2. The molecule has 0 atom stereocenters. The number of carbonyl (C=O) groups is 2. The van der Waals surface area contributed by atoms with Crippen LogP contribution < -0.4 is 10.6 Å². The van der Waals surface area contributed by atoms with Crippen molar-refractivity contribution in [3.8, 4) is 0 Å². The molecule has 2 amide bonds. The zero-order valence-electron chi connectivity index (χ0n) is 14.2. The van der Waals surface area contributed by atoms with E-state index in [0.717, 1.165) is 5.56 Å². The van der Waals surface area contributed by atoms with E-state index in [1.54, 1.807) is 42.5 Å². The maximum absolute atomic E-state index is 12.4. The lowest BCUT2D eigenvalue weighted by molar-refractivity contribution is -0.115. The summed E-state index contributed by atoms with van der Waals surface area (Å²) in [6, 6.07) is 20.9. The maximum Gasteiger partial charge on any atom is 0.255 e. The molecule has 0 unspecified atom stereocenters. The maximum atomic E-state index is 12.4. The summed E-state index contributed by atoms with van der Waals surface area (Å²) in [6.45, 7) is 0. The van der Waals surface area contributed by atoms with Gasteiger partial charge in [-0.3, -0.25) is 9.59 Å². The minimum absolute atomic E-state index is 0.121. The molecule has 0 radical (unpaired) electrons. The van der Waals surface area contributed by atoms with Crippen LogP contribution in [0.5, 0.6) is 0 Å². The highest BCUT2D eigenvalue weighted by atomic mass is 35.5. The fourth-order valence-corrected chi connectivity index (χ4v) is 2.82. The first kappa shape index (κ1) is 19.0. The molecule has 0 aliphatic rings. The molecule has 3 rings (SSSR count). The van der Waals surface area contributed by atoms with Crippen LogP contribution in [0.1, 0.15) is 15.9 Å². The van der Waals surface area contributed by atoms with Crippen molar-refractivity contribution in [2.45, 2.75) is 6.42 Å². The Balaban J connectivity index is 1.62. The van der Waals surface area contributed by atoms with Gasteiger partial charge in [-0.15, -0.1) is 0 Å². The van der Waals surface area contributed by atoms with E-state index in [-0.39, 0.29) is 18.2 Å². The van der Waals surface area contributed by atoms with Crippen LogP contribution in [0, 0.1) is 0 Å². The fraction of sp³-hybridized carbons (Fsp3) is 0.0476. The molecule has 0 heterocycles. The molecule has 4 nitrogen and oxygen atoms in total. The summed E-state index contributed by atoms with van der Waals surface area (Å²) < 4.78 is 0. The van der Waals surface area contributed by atoms with Crippen LogP contribution in [0.2, 0.25) is 10.0 Å². The highest BCUT2D eigenvalue weighted by Gasteiger charge is 2.10. The van der Waals surface area contributed by atoms with Crippen molar-refractivity contribution in [3.63, 3.8) is 0 Å². The predicted molar refractivity (Wildman–Crippen MR) is 110 cm³/mol. The van der Waals surface area contributed by atoms with Gasteiger partial charge in [-0.25, -0.2) is 0 Å². The van der Waals surface area contributed by atoms with E-state index in [4.69, 9.17) is 23.2 Å². The fourth-order valence-electron chi connectivity index (χ4n) is 2.48. The van der Waals surface area contributed by atoms with E-state index >= 15 is 0 Å². The molecule has 3 aromatic rings. The van der Waals surface area contributed by atoms with Gasteiger partial charge in [0.1, 0.15) is 0 Å². The van der Waals surface area contributed by atoms with Crippen molar-refractivity contribution < 1.29 is 9.59 Å². The molecule has 2 N–H and O–H groups in total. The van der Waals surface area contributed by atoms with Crippen molar-refractivity contribution >= 4 is 46.4 Å². The Morgan fingerprint density at radius 2 is 1.52 bits per heavy atom. The summed E-state index contributed by atoms with van der Waals surface area (Å²) in [6.07, 6.45) is 0.288. The van der Waals surface area contributed by atoms with Gasteiger partial charge in [-0.1, -0.05) is 53.5 Å². The van der Waals surface area contributed by atoms with E-state index in [1.165, 1.54) is 0 Å². The second-order valence-electron chi connectivity index (χ2n) is 5.87. The number of carbonyl (C=O) groups excluding carboxylic acids is 2. The number of halogens is 2. The van der Waals surface area contributed by atoms with E-state index < -0.39 is 0 Å². The SMILES string of the molecule is O=C(Cc1ccccc1)Nc1ccc(C(=O)Nc2cc(Cl)ccc2Cl)cc1. The second kappa shape index (κ2) is 8.71. The molecule has 3 aromatic carbocycles. The molecule has 136 valence electrons. The Labute approximate surface area is 167 Å². The highest BCUT2D eigenvalue weighted by molar-refractivity contribution is 6.35. The van der Waals surface area contributed by atoms with Gasteiger partial charge in [0.2, 0.25) is 5.91 Å². The third kappa shape index (κ3) is 5.33. The van der Waals surface area contributed by atoms with Gasteiger partial charge in [-0.05, 0) is 48.0 Å². The lowest BCUT2D eigenvalue weighted by Crippen LogP contribution is -2.15. The van der Waals surface area contributed by atoms with E-state index in [2.05, 4.69) is 10.6 Å². The molecule has 0 aliphatic carbocycles. The van der Waals surface area contributed by atoms with Gasteiger partial charge in [0.25, 0.3) is 5.91 Å². The molecule has 0 aliphatic heterocycles. The first-order valence-electron chi connectivity index (χ1n) is 8.21. The summed E-state index contributed by atoms with van der Waals surface area (Å²) in [5.74, 6) is -0.439. The third-order valence-electron chi connectivity index (χ3n) is 3.81. The predicted octanol–water partition coefficient (Wildman–Crippen LogP) is 5.43. The topological polar surface area (TPSA) is 58.2 Å². The lowest BCUT2D eigenvalue weighted by atomic mass is 10.1. The van der Waals surface area contributed by atoms with Gasteiger partial charge in [0.05, 0.1) is 17.1 Å². The van der Waals surface area contributed by atoms with Crippen molar-refractivity contribution in [2.75, 3.05) is 10.6 Å². The van der Waals surface area contributed by atoms with Crippen molar-refractivity contribution in [1.82, 2.24) is 0 Å². The smallest absolute Gasteiger partial charge is 0.255 e. The second-order valence-corrected chi connectivity index (χ2v) is 6.71. The molecule has 0 saturated heterocycles. The van der Waals surface area contributed by atoms with E-state index in [1.807, 2.05) is 30.3 Å². The number of rotatable bonds is 5. The molecule has 6 heteroatoms. The van der Waals surface area contributed by atoms with Gasteiger partial charge >= 0.3 is 0 Å². The zero-order chi connectivity index (χ0) is 19.2. The minimum Gasteiger partial charge on any atom is -0.326 e. The van der Waals surface area contributed by atoms with Crippen molar-refractivity contribution in [3.05, 3.63) is 94.0 Å². The molecule has 0 spiro atoms. The average molecular weight is 399 g/mol. The van der Waals surface area contributed by atoms with Crippen LogP contribution in [0.25, 0.3) is 0 Å². The number of benzene rings is 3. The number of hydrogen-bond acceptors (Lipinski definition) is 2. The molecule has 0 bridgehead atoms. The minimum atomic E-state index is -0.318. The molecule has 27 heavy (non-hydrogen) atoms. The third-order valence-corrected chi connectivity index (χ3v) is 4.38. The van der Waals surface area contributed by atoms with Gasteiger partial charge in [-0.2, -0.15) is 0 Å². The summed E-state index contributed by atoms with van der Waals surface area (Å²) in [5.41, 5.74) is 2.43. The van der Waals surface area contributed by atoms with Crippen LogP contribution in [-0.4, -0.2) is 11.8 Å². The van der Waals surface area contributed by atoms with E-state index in [0.29, 0.717) is 27.0 Å². The van der Waals surface area contributed by atoms with Gasteiger partial charge < -0.3 is 10.6 Å². The van der Waals surface area contributed by atoms with E-state index in [9.17, 15) is 9.59 Å². The standard InChI is InChI=1S/C21H16Cl2N2O2/c22-16-8-11-18(23)19(13-16)25-21(27)15-6-9-17(10-7-15)24-20(26)12-14-4-2-1-3-5-14/h1-11,13H,12H2,(H,24,26)(H,25,27). The Morgan fingerprint density at radius 1 is 0.815 bits per heavy atom. The van der Waals surface area contributed by atoms with Crippen LogP contribution in [0.15, 0.2) is 72.8 Å². The van der Waals surface area contributed by atoms with Crippen LogP contribution in [0.4, 0.5) is 11.4 Å². The average Bonchev–Trinajstić information content (AvgIpc) is 2.66. The largest absolute Gasteiger partial charge is 0.326 e. The van der Waals surface area contributed by atoms with Crippen molar-refractivity contribution in [2.24, 2.45) is 0 Å². The van der Waals surface area contributed by atoms with Crippen LogP contribution in [0.3, 0.4) is 0 Å². The molecular formula is C21H16Cl2N2O2. The highest BCUT2D eigenvalue weighted by Crippen LogP contribution is 2.26. The van der Waals surface area contributed by atoms with Crippen LogP contribution in [-0.2, 0) is 11.2 Å². The Bertz CT molecular complexity index is 958. The Hall–Kier alpha value is -2.82. The van der Waals surface area contributed by atoms with Gasteiger partial charge in [0.15, 0.2) is 0 Å². The quantitative estimate of drug-likeness (QED) is 0.601. The normalized spacial score (nSPS) is 10.3. The molecule has 0 fully saturated rings. The molecule has 0 aromatic heterocycles. The summed E-state index contributed by atoms with van der Waals surface area (Å²) in [4.78, 5) is 24.4. The molecular weight excluding hydrogens is 383 g/mol. The summed E-state index contributed by atoms with van der Waals surface area (Å²) >= 11 is 12.0. The number of anilines is 2. The monoisotopic (exact) mass is 398 g/mol. The molecule has 0 saturated carbocycles. The van der Waals surface area contributed by atoms with Crippen molar-refractivity contribution in [1.29, 1.82) is 0 Å². The number of hydrogen-bond donors (Lipinski definition) is 2. The first-order valence-corrected chi connectivity index (χ1v) is 8.97. The zero-order valence-corrected chi connectivity index (χ0v) is 15.7. The summed E-state index contributed by atoms with van der Waals surface area (Å²) in [5, 5.41) is 6.41. The Morgan fingerprint density at radius 3 is 2.22 bits per heavy atom. The van der Waals surface area contributed by atoms with Gasteiger partial charge in [0, 0.05) is 16.3 Å². The lowest BCUT2D eigenvalue weighted by Gasteiger charge is -2.09. The van der Waals surface area contributed by atoms with Crippen LogP contribution >= 0.6 is 23.2 Å². The first-order chi connectivity index (χ1) is 13.0. The number of amides is 2. The Kier molecular flexibility index (Phi) is 6.12. The summed E-state index contributed by atoms with van der Waals surface area (Å²) in [7, 11) is 0.